The lowest BCUT2D eigenvalue weighted by molar-refractivity contribution is 0.0962. The molecule has 1 aromatic heterocycles. The third kappa shape index (κ3) is 3.78. The molecule has 0 amide bonds. The predicted octanol–water partition coefficient (Wildman–Crippen LogP) is 2.70. The number of halogens is 3. The quantitative estimate of drug-likeness (QED) is 0.827. The van der Waals surface area contributed by atoms with Crippen LogP contribution in [0.15, 0.2) is 18.3 Å². The summed E-state index contributed by atoms with van der Waals surface area (Å²) >= 11 is 5.91. The Morgan fingerprint density at radius 2 is 2.39 bits per heavy atom. The molecule has 100 valence electrons. The lowest BCUT2D eigenvalue weighted by atomic mass is 10.1. The highest BCUT2D eigenvalue weighted by molar-refractivity contribution is 6.31. The van der Waals surface area contributed by atoms with Crippen molar-refractivity contribution in [3.63, 3.8) is 0 Å². The van der Waals surface area contributed by atoms with E-state index in [2.05, 4.69) is 4.98 Å². The van der Waals surface area contributed by atoms with Gasteiger partial charge in [0.15, 0.2) is 0 Å². The molecule has 6 heteroatoms. The van der Waals surface area contributed by atoms with E-state index in [1.54, 1.807) is 23.2 Å². The first kappa shape index (κ1) is 13.5. The van der Waals surface area contributed by atoms with Gasteiger partial charge in [0.05, 0.1) is 13.2 Å². The molecule has 18 heavy (non-hydrogen) atoms. The normalized spacial score (nSPS) is 20.6. The van der Waals surface area contributed by atoms with E-state index < -0.39 is 6.43 Å². The summed E-state index contributed by atoms with van der Waals surface area (Å²) in [6, 6.07) is 3.44. The highest BCUT2D eigenvalue weighted by Crippen LogP contribution is 2.23. The van der Waals surface area contributed by atoms with E-state index in [-0.39, 0.29) is 12.5 Å². The van der Waals surface area contributed by atoms with Gasteiger partial charge in [0, 0.05) is 18.7 Å². The van der Waals surface area contributed by atoms with Crippen LogP contribution in [-0.4, -0.2) is 42.6 Å². The highest BCUT2D eigenvalue weighted by atomic mass is 35.5. The van der Waals surface area contributed by atoms with Gasteiger partial charge in [-0.25, -0.2) is 13.8 Å². The molecule has 2 heterocycles. The number of hydrogen-bond donors (Lipinski definition) is 0. The van der Waals surface area contributed by atoms with Crippen LogP contribution in [0, 0.1) is 5.92 Å². The lowest BCUT2D eigenvalue weighted by Crippen LogP contribution is -2.27. The minimum atomic E-state index is -2.27. The summed E-state index contributed by atoms with van der Waals surface area (Å²) in [6.45, 7) is 1.67. The molecule has 1 saturated heterocycles. The average Bonchev–Trinajstić information content (AvgIpc) is 2.75. The van der Waals surface area contributed by atoms with Gasteiger partial charge < -0.3 is 4.74 Å². The van der Waals surface area contributed by atoms with Gasteiger partial charge >= 0.3 is 0 Å². The van der Waals surface area contributed by atoms with Crippen molar-refractivity contribution in [3.05, 3.63) is 23.4 Å². The van der Waals surface area contributed by atoms with Gasteiger partial charge in [0.2, 0.25) is 5.88 Å². The Bertz CT molecular complexity index is 392. The van der Waals surface area contributed by atoms with E-state index >= 15 is 0 Å². The molecule has 1 aliphatic rings. The summed E-state index contributed by atoms with van der Waals surface area (Å²) < 4.78 is 30.0. The molecule has 1 atom stereocenters. The van der Waals surface area contributed by atoms with Crippen molar-refractivity contribution in [3.8, 4) is 5.88 Å². The number of rotatable bonds is 5. The zero-order valence-corrected chi connectivity index (χ0v) is 10.6. The SMILES string of the molecule is FC(F)CN1CC[C@@H](COc2ncccc2Cl)C1. The Morgan fingerprint density at radius 3 is 3.11 bits per heavy atom. The van der Waals surface area contributed by atoms with E-state index in [4.69, 9.17) is 16.3 Å². The maximum atomic E-state index is 12.2. The third-order valence-corrected chi connectivity index (χ3v) is 3.23. The molecule has 0 spiro atoms. The van der Waals surface area contributed by atoms with Crippen molar-refractivity contribution < 1.29 is 13.5 Å². The van der Waals surface area contributed by atoms with Crippen molar-refractivity contribution in [2.24, 2.45) is 5.92 Å². The van der Waals surface area contributed by atoms with Crippen LogP contribution in [0.3, 0.4) is 0 Å². The highest BCUT2D eigenvalue weighted by Gasteiger charge is 2.25. The second-order valence-electron chi connectivity index (χ2n) is 4.41. The number of nitrogens with zero attached hydrogens (tertiary/aromatic N) is 2. The number of aromatic nitrogens is 1. The van der Waals surface area contributed by atoms with Crippen LogP contribution in [0.2, 0.25) is 5.02 Å². The summed E-state index contributed by atoms with van der Waals surface area (Å²) in [5, 5.41) is 0.472. The van der Waals surface area contributed by atoms with Crippen molar-refractivity contribution in [1.82, 2.24) is 9.88 Å². The molecule has 0 N–H and O–H groups in total. The van der Waals surface area contributed by atoms with Gasteiger partial charge in [0.1, 0.15) is 5.02 Å². The summed E-state index contributed by atoms with van der Waals surface area (Å²) in [4.78, 5) is 5.78. The first-order valence-electron chi connectivity index (χ1n) is 5.89. The molecule has 0 unspecified atom stereocenters. The summed E-state index contributed by atoms with van der Waals surface area (Å²) in [5.74, 6) is 0.674. The van der Waals surface area contributed by atoms with Crippen LogP contribution in [0.4, 0.5) is 8.78 Å². The first-order valence-corrected chi connectivity index (χ1v) is 6.27. The molecule has 2 rings (SSSR count). The van der Waals surface area contributed by atoms with Crippen molar-refractivity contribution in [2.75, 3.05) is 26.2 Å². The first-order chi connectivity index (χ1) is 8.65. The van der Waals surface area contributed by atoms with Crippen molar-refractivity contribution >= 4 is 11.6 Å². The smallest absolute Gasteiger partial charge is 0.251 e. The zero-order chi connectivity index (χ0) is 13.0. The van der Waals surface area contributed by atoms with E-state index in [1.165, 1.54) is 0 Å². The van der Waals surface area contributed by atoms with Crippen LogP contribution < -0.4 is 4.74 Å². The fourth-order valence-electron chi connectivity index (χ4n) is 2.08. The Labute approximate surface area is 110 Å². The molecule has 3 nitrogen and oxygen atoms in total. The van der Waals surface area contributed by atoms with Crippen LogP contribution in [0.1, 0.15) is 6.42 Å². The topological polar surface area (TPSA) is 25.4 Å². The van der Waals surface area contributed by atoms with E-state index in [0.29, 0.717) is 30.6 Å². The molecular weight excluding hydrogens is 262 g/mol. The largest absolute Gasteiger partial charge is 0.476 e. The standard InChI is InChI=1S/C12H15ClF2N2O/c13-10-2-1-4-16-12(10)18-8-9-3-5-17(6-9)7-11(14)15/h1-2,4,9,11H,3,5-8H2/t9-/m1/s1. The molecule has 0 radical (unpaired) electrons. The summed E-state index contributed by atoms with van der Waals surface area (Å²) in [5.41, 5.74) is 0. The maximum Gasteiger partial charge on any atom is 0.251 e. The Kier molecular flexibility index (Phi) is 4.72. The van der Waals surface area contributed by atoms with Gasteiger partial charge in [-0.05, 0) is 25.1 Å². The molecule has 0 aliphatic carbocycles. The molecule has 0 bridgehead atoms. The molecule has 1 fully saturated rings. The summed E-state index contributed by atoms with van der Waals surface area (Å²) in [6.07, 6.45) is 0.214. The Balaban J connectivity index is 1.77. The van der Waals surface area contributed by atoms with Crippen molar-refractivity contribution in [1.29, 1.82) is 0 Å². The van der Waals surface area contributed by atoms with Gasteiger partial charge in [0.25, 0.3) is 6.43 Å². The van der Waals surface area contributed by atoms with Crippen LogP contribution >= 0.6 is 11.6 Å². The van der Waals surface area contributed by atoms with Gasteiger partial charge in [-0.15, -0.1) is 0 Å². The predicted molar refractivity (Wildman–Crippen MR) is 65.3 cm³/mol. The minimum Gasteiger partial charge on any atom is -0.476 e. The minimum absolute atomic E-state index is 0.152. The van der Waals surface area contributed by atoms with E-state index in [1.807, 2.05) is 0 Å². The van der Waals surface area contributed by atoms with E-state index in [0.717, 1.165) is 6.42 Å². The Morgan fingerprint density at radius 1 is 1.56 bits per heavy atom. The number of likely N-dealkylation sites (tertiary alicyclic amines) is 1. The molecule has 1 aliphatic heterocycles. The second kappa shape index (κ2) is 6.29. The fourth-order valence-corrected chi connectivity index (χ4v) is 2.26. The number of pyridine rings is 1. The third-order valence-electron chi connectivity index (χ3n) is 2.95. The number of hydrogen-bond acceptors (Lipinski definition) is 3. The average molecular weight is 277 g/mol. The molecule has 0 saturated carbocycles. The molecule has 0 aromatic carbocycles. The van der Waals surface area contributed by atoms with Gasteiger partial charge in [-0.3, -0.25) is 4.90 Å². The van der Waals surface area contributed by atoms with Crippen molar-refractivity contribution in [2.45, 2.75) is 12.8 Å². The van der Waals surface area contributed by atoms with Gasteiger partial charge in [-0.2, -0.15) is 0 Å². The van der Waals surface area contributed by atoms with Crippen LogP contribution in [-0.2, 0) is 0 Å². The number of alkyl halides is 2. The maximum absolute atomic E-state index is 12.2. The second-order valence-corrected chi connectivity index (χ2v) is 4.81. The van der Waals surface area contributed by atoms with E-state index in [9.17, 15) is 8.78 Å². The monoisotopic (exact) mass is 276 g/mol. The number of ether oxygens (including phenoxy) is 1. The molecule has 1 aromatic rings. The summed E-state index contributed by atoms with van der Waals surface area (Å²) in [7, 11) is 0. The van der Waals surface area contributed by atoms with Gasteiger partial charge in [-0.1, -0.05) is 11.6 Å². The fraction of sp³-hybridized carbons (Fsp3) is 0.583. The molecular formula is C12H15ClF2N2O. The van der Waals surface area contributed by atoms with Crippen LogP contribution in [0.5, 0.6) is 5.88 Å². The Hall–Kier alpha value is -0.940. The zero-order valence-electron chi connectivity index (χ0n) is 9.86. The lowest BCUT2D eigenvalue weighted by Gasteiger charge is -2.15. The van der Waals surface area contributed by atoms with Crippen LogP contribution in [0.25, 0.3) is 0 Å².